The molecule has 186 valence electrons. The molecule has 0 saturated carbocycles. The van der Waals surface area contributed by atoms with Crippen molar-refractivity contribution >= 4 is 17.5 Å². The maximum absolute atomic E-state index is 15.6. The van der Waals surface area contributed by atoms with Crippen LogP contribution in [0.1, 0.15) is 23.0 Å². The van der Waals surface area contributed by atoms with Crippen LogP contribution in [0.2, 0.25) is 5.02 Å². The number of hydrogen-bond acceptors (Lipinski definition) is 5. The summed E-state index contributed by atoms with van der Waals surface area (Å²) in [6, 6.07) is 11.4. The molecule has 1 heterocycles. The zero-order chi connectivity index (χ0) is 25.6. The largest absolute Gasteiger partial charge is 0.494 e. The van der Waals surface area contributed by atoms with Crippen molar-refractivity contribution in [3.05, 3.63) is 70.6 Å². The molecule has 0 bridgehead atoms. The number of halogens is 4. The van der Waals surface area contributed by atoms with Gasteiger partial charge in [0.15, 0.2) is 17.2 Å². The number of amides is 1. The Kier molecular flexibility index (Phi) is 8.45. The molecule has 0 aliphatic carbocycles. The molecule has 0 aliphatic heterocycles. The van der Waals surface area contributed by atoms with Crippen molar-refractivity contribution in [2.24, 2.45) is 0 Å². The molecule has 1 amide bonds. The minimum Gasteiger partial charge on any atom is -0.494 e. The van der Waals surface area contributed by atoms with Gasteiger partial charge in [0.1, 0.15) is 30.5 Å². The van der Waals surface area contributed by atoms with E-state index in [9.17, 15) is 13.6 Å². The van der Waals surface area contributed by atoms with Gasteiger partial charge in [0.2, 0.25) is 0 Å². The molecule has 0 spiro atoms. The number of pyridine rings is 1. The van der Waals surface area contributed by atoms with Gasteiger partial charge in [-0.15, -0.1) is 0 Å². The monoisotopic (exact) mass is 508 g/mol. The van der Waals surface area contributed by atoms with Crippen LogP contribution in [0.5, 0.6) is 17.2 Å². The molecule has 2 aromatic carbocycles. The van der Waals surface area contributed by atoms with E-state index in [0.29, 0.717) is 11.3 Å². The van der Waals surface area contributed by atoms with E-state index in [1.807, 2.05) is 0 Å². The number of hydrogen-bond donors (Lipinski definition) is 1. The standard InChI is InChI=1S/C25H24ClF3N2O4/c1-25(29,14-30-24(32)16-5-7-19(35-11-10-27)21(13-16)34-3)22-9-8-20(33-2)23(31-22)15-4-6-18(28)17(26)12-15/h4-9,12-13H,10-11,14H2,1-3H3,(H,30,32). The Hall–Kier alpha value is -3.46. The summed E-state index contributed by atoms with van der Waals surface area (Å²) in [7, 11) is 2.82. The molecule has 0 aliphatic rings. The minimum atomic E-state index is -2.06. The van der Waals surface area contributed by atoms with E-state index in [4.69, 9.17) is 25.8 Å². The number of aromatic nitrogens is 1. The normalized spacial score (nSPS) is 12.5. The number of ether oxygens (including phenoxy) is 3. The smallest absolute Gasteiger partial charge is 0.251 e. The molecule has 1 N–H and O–H groups in total. The van der Waals surface area contributed by atoms with Crippen LogP contribution in [-0.4, -0.2) is 44.9 Å². The second-order valence-electron chi connectivity index (χ2n) is 7.66. The van der Waals surface area contributed by atoms with Gasteiger partial charge in [0, 0.05) is 11.1 Å². The molecule has 3 aromatic rings. The van der Waals surface area contributed by atoms with Gasteiger partial charge in [0.25, 0.3) is 5.91 Å². The maximum atomic E-state index is 15.6. The summed E-state index contributed by atoms with van der Waals surface area (Å²) in [6.45, 7) is 0.0635. The first kappa shape index (κ1) is 26.2. The van der Waals surface area contributed by atoms with E-state index in [2.05, 4.69) is 10.3 Å². The number of nitrogens with zero attached hydrogens (tertiary/aromatic N) is 1. The second-order valence-corrected chi connectivity index (χ2v) is 8.07. The molecule has 1 unspecified atom stereocenters. The summed E-state index contributed by atoms with van der Waals surface area (Å²) >= 11 is 5.89. The maximum Gasteiger partial charge on any atom is 0.251 e. The lowest BCUT2D eigenvalue weighted by Crippen LogP contribution is -2.36. The van der Waals surface area contributed by atoms with Crippen molar-refractivity contribution in [1.82, 2.24) is 10.3 Å². The number of alkyl halides is 2. The Morgan fingerprint density at radius 2 is 1.77 bits per heavy atom. The SMILES string of the molecule is COc1cc(C(=O)NCC(C)(F)c2ccc(OC)c(-c3ccc(F)c(Cl)c3)n2)ccc1OCCF. The third-order valence-electron chi connectivity index (χ3n) is 5.15. The number of methoxy groups -OCH3 is 2. The highest BCUT2D eigenvalue weighted by atomic mass is 35.5. The van der Waals surface area contributed by atoms with Gasteiger partial charge in [-0.2, -0.15) is 0 Å². The van der Waals surface area contributed by atoms with Gasteiger partial charge < -0.3 is 19.5 Å². The van der Waals surface area contributed by atoms with Gasteiger partial charge in [-0.25, -0.2) is 18.2 Å². The van der Waals surface area contributed by atoms with Gasteiger partial charge in [-0.05, 0) is 55.5 Å². The number of carbonyl (C=O) groups is 1. The highest BCUT2D eigenvalue weighted by Gasteiger charge is 2.30. The van der Waals surface area contributed by atoms with Crippen LogP contribution in [0.3, 0.4) is 0 Å². The summed E-state index contributed by atoms with van der Waals surface area (Å²) < 4.78 is 57.3. The van der Waals surface area contributed by atoms with E-state index in [1.54, 1.807) is 0 Å². The molecular formula is C25H24ClF3N2O4. The van der Waals surface area contributed by atoms with Gasteiger partial charge in [0.05, 0.1) is 31.5 Å². The van der Waals surface area contributed by atoms with Crippen LogP contribution < -0.4 is 19.5 Å². The first-order chi connectivity index (χ1) is 16.7. The van der Waals surface area contributed by atoms with Crippen molar-refractivity contribution in [3.63, 3.8) is 0 Å². The van der Waals surface area contributed by atoms with Crippen LogP contribution in [-0.2, 0) is 5.67 Å². The summed E-state index contributed by atoms with van der Waals surface area (Å²) in [5, 5.41) is 2.44. The Balaban J connectivity index is 1.80. The van der Waals surface area contributed by atoms with E-state index in [1.165, 1.54) is 69.7 Å². The van der Waals surface area contributed by atoms with Gasteiger partial charge >= 0.3 is 0 Å². The summed E-state index contributed by atoms with van der Waals surface area (Å²) in [5.74, 6) is -0.273. The lowest BCUT2D eigenvalue weighted by molar-refractivity contribution is 0.0907. The van der Waals surface area contributed by atoms with Crippen LogP contribution >= 0.6 is 11.6 Å². The molecule has 1 aromatic heterocycles. The summed E-state index contributed by atoms with van der Waals surface area (Å²) in [6.07, 6.45) is 0. The summed E-state index contributed by atoms with van der Waals surface area (Å²) in [4.78, 5) is 17.0. The van der Waals surface area contributed by atoms with Crippen LogP contribution in [0.4, 0.5) is 13.2 Å². The predicted molar refractivity (Wildman–Crippen MR) is 126 cm³/mol. The summed E-state index contributed by atoms with van der Waals surface area (Å²) in [5.41, 5.74) is -1.11. The zero-order valence-electron chi connectivity index (χ0n) is 19.3. The van der Waals surface area contributed by atoms with Crippen molar-refractivity contribution in [1.29, 1.82) is 0 Å². The second kappa shape index (κ2) is 11.3. The predicted octanol–water partition coefficient (Wildman–Crippen LogP) is 5.52. The third-order valence-corrected chi connectivity index (χ3v) is 5.44. The molecule has 0 radical (unpaired) electrons. The number of carbonyl (C=O) groups excluding carboxylic acids is 1. The lowest BCUT2D eigenvalue weighted by atomic mass is 10.0. The molecule has 0 fully saturated rings. The quantitative estimate of drug-likeness (QED) is 0.390. The number of benzene rings is 2. The Labute approximate surface area is 206 Å². The van der Waals surface area contributed by atoms with Crippen LogP contribution in [0, 0.1) is 5.82 Å². The highest BCUT2D eigenvalue weighted by Crippen LogP contribution is 2.34. The fourth-order valence-corrected chi connectivity index (χ4v) is 3.45. The fourth-order valence-electron chi connectivity index (χ4n) is 3.27. The number of rotatable bonds is 10. The molecule has 35 heavy (non-hydrogen) atoms. The van der Waals surface area contributed by atoms with Crippen molar-refractivity contribution in [3.8, 4) is 28.5 Å². The fraction of sp³-hybridized carbons (Fsp3) is 0.280. The van der Waals surface area contributed by atoms with E-state index in [-0.39, 0.29) is 40.1 Å². The van der Waals surface area contributed by atoms with E-state index >= 15 is 4.39 Å². The lowest BCUT2D eigenvalue weighted by Gasteiger charge is -2.22. The van der Waals surface area contributed by atoms with Gasteiger partial charge in [-0.1, -0.05) is 11.6 Å². The average Bonchev–Trinajstić information content (AvgIpc) is 2.87. The van der Waals surface area contributed by atoms with Crippen molar-refractivity contribution < 1.29 is 32.2 Å². The topological polar surface area (TPSA) is 69.7 Å². The third kappa shape index (κ3) is 6.16. The van der Waals surface area contributed by atoms with Crippen LogP contribution in [0.25, 0.3) is 11.3 Å². The average molecular weight is 509 g/mol. The molecule has 6 nitrogen and oxygen atoms in total. The first-order valence-electron chi connectivity index (χ1n) is 10.5. The number of nitrogens with one attached hydrogen (secondary N) is 1. The van der Waals surface area contributed by atoms with Gasteiger partial charge in [-0.3, -0.25) is 4.79 Å². The molecule has 0 saturated heterocycles. The molecule has 1 atom stereocenters. The molecule has 3 rings (SSSR count). The molecule has 10 heteroatoms. The first-order valence-corrected chi connectivity index (χ1v) is 10.9. The van der Waals surface area contributed by atoms with Crippen LogP contribution in [0.15, 0.2) is 48.5 Å². The molecular weight excluding hydrogens is 485 g/mol. The van der Waals surface area contributed by atoms with Crippen molar-refractivity contribution in [2.75, 3.05) is 34.0 Å². The Bertz CT molecular complexity index is 1210. The van der Waals surface area contributed by atoms with E-state index < -0.39 is 30.6 Å². The minimum absolute atomic E-state index is 0.0293. The highest BCUT2D eigenvalue weighted by molar-refractivity contribution is 6.31. The Morgan fingerprint density at radius 3 is 2.43 bits per heavy atom. The zero-order valence-corrected chi connectivity index (χ0v) is 20.1. The van der Waals surface area contributed by atoms with Crippen molar-refractivity contribution in [2.45, 2.75) is 12.6 Å². The van der Waals surface area contributed by atoms with E-state index in [0.717, 1.165) is 0 Å². The Morgan fingerprint density at radius 1 is 1.06 bits per heavy atom.